The van der Waals surface area contributed by atoms with Crippen LogP contribution in [0.25, 0.3) is 0 Å². The van der Waals surface area contributed by atoms with E-state index in [-0.39, 0.29) is 22.7 Å². The summed E-state index contributed by atoms with van der Waals surface area (Å²) in [4.78, 5) is 23.7. The van der Waals surface area contributed by atoms with Gasteiger partial charge in [-0.3, -0.25) is 9.59 Å². The van der Waals surface area contributed by atoms with E-state index < -0.39 is 0 Å². The Morgan fingerprint density at radius 1 is 1.08 bits per heavy atom. The third kappa shape index (κ3) is 6.39. The predicted molar refractivity (Wildman–Crippen MR) is 102 cm³/mol. The number of rotatable bonds is 7. The summed E-state index contributed by atoms with van der Waals surface area (Å²) in [7, 11) is 0. The number of thiocarbonyl (C=S) groups is 1. The summed E-state index contributed by atoms with van der Waals surface area (Å²) in [6, 6.07) is 10.3. The highest BCUT2D eigenvalue weighted by Crippen LogP contribution is 2.16. The molecule has 25 heavy (non-hydrogen) atoms. The zero-order valence-electron chi connectivity index (χ0n) is 14.0. The van der Waals surface area contributed by atoms with Crippen molar-refractivity contribution in [1.29, 1.82) is 0 Å². The third-order valence-electron chi connectivity index (χ3n) is 3.38. The summed E-state index contributed by atoms with van der Waals surface area (Å²) in [5.74, 6) is -0.213. The molecule has 0 atom stereocenters. The first-order chi connectivity index (χ1) is 12.1. The van der Waals surface area contributed by atoms with Gasteiger partial charge in [0.05, 0.1) is 6.26 Å². The molecule has 0 spiro atoms. The topological polar surface area (TPSA) is 83.4 Å². The average Bonchev–Trinajstić information content (AvgIpc) is 3.10. The number of benzene rings is 1. The van der Waals surface area contributed by atoms with Gasteiger partial charge in [0, 0.05) is 17.8 Å². The van der Waals surface area contributed by atoms with Gasteiger partial charge < -0.3 is 20.4 Å². The minimum atomic E-state index is -0.339. The first-order valence-corrected chi connectivity index (χ1v) is 8.55. The lowest BCUT2D eigenvalue weighted by atomic mass is 10.2. The zero-order chi connectivity index (χ0) is 18.1. The van der Waals surface area contributed by atoms with Crippen LogP contribution in [0.4, 0.5) is 11.4 Å². The summed E-state index contributed by atoms with van der Waals surface area (Å²) in [5, 5.41) is 8.55. The normalized spacial score (nSPS) is 10.1. The highest BCUT2D eigenvalue weighted by atomic mass is 32.1. The van der Waals surface area contributed by atoms with Crippen LogP contribution >= 0.6 is 12.2 Å². The van der Waals surface area contributed by atoms with E-state index in [1.807, 2.05) is 0 Å². The number of carbonyl (C=O) groups is 2. The number of furan rings is 1. The van der Waals surface area contributed by atoms with Crippen LogP contribution in [0.3, 0.4) is 0 Å². The monoisotopic (exact) mass is 359 g/mol. The van der Waals surface area contributed by atoms with Gasteiger partial charge in [-0.05, 0) is 49.0 Å². The van der Waals surface area contributed by atoms with Gasteiger partial charge in [-0.15, -0.1) is 0 Å². The van der Waals surface area contributed by atoms with Crippen molar-refractivity contribution in [2.45, 2.75) is 32.6 Å². The fourth-order valence-corrected chi connectivity index (χ4v) is 2.39. The molecule has 0 bridgehead atoms. The van der Waals surface area contributed by atoms with E-state index in [1.54, 1.807) is 36.4 Å². The minimum Gasteiger partial charge on any atom is -0.459 e. The number of anilines is 2. The molecule has 7 heteroatoms. The van der Waals surface area contributed by atoms with Gasteiger partial charge in [0.1, 0.15) is 0 Å². The molecule has 0 unspecified atom stereocenters. The second-order valence-corrected chi connectivity index (χ2v) is 5.88. The van der Waals surface area contributed by atoms with Crippen LogP contribution in [-0.4, -0.2) is 16.9 Å². The summed E-state index contributed by atoms with van der Waals surface area (Å²) < 4.78 is 5.05. The second kappa shape index (κ2) is 9.58. The molecule has 0 aliphatic rings. The van der Waals surface area contributed by atoms with Crippen LogP contribution in [0.1, 0.15) is 43.2 Å². The first-order valence-electron chi connectivity index (χ1n) is 8.14. The van der Waals surface area contributed by atoms with Crippen molar-refractivity contribution in [3.8, 4) is 0 Å². The van der Waals surface area contributed by atoms with Gasteiger partial charge in [0.25, 0.3) is 5.91 Å². The quantitative estimate of drug-likeness (QED) is 0.515. The number of hydrogen-bond acceptors (Lipinski definition) is 4. The Bertz CT molecular complexity index is 729. The lowest BCUT2D eigenvalue weighted by molar-refractivity contribution is -0.119. The molecule has 1 aromatic heterocycles. The molecule has 0 aliphatic carbocycles. The molecule has 2 rings (SSSR count). The number of amides is 2. The molecule has 0 fully saturated rings. The maximum atomic E-state index is 12.0. The van der Waals surface area contributed by atoms with Crippen molar-refractivity contribution in [3.05, 3.63) is 48.4 Å². The molecule has 0 saturated heterocycles. The van der Waals surface area contributed by atoms with Gasteiger partial charge in [-0.1, -0.05) is 25.8 Å². The van der Waals surface area contributed by atoms with Gasteiger partial charge in [0.15, 0.2) is 10.9 Å². The van der Waals surface area contributed by atoms with E-state index in [9.17, 15) is 9.59 Å². The van der Waals surface area contributed by atoms with E-state index in [0.29, 0.717) is 17.8 Å². The van der Waals surface area contributed by atoms with Gasteiger partial charge in [-0.25, -0.2) is 0 Å². The molecule has 1 heterocycles. The van der Waals surface area contributed by atoms with Gasteiger partial charge >= 0.3 is 0 Å². The van der Waals surface area contributed by atoms with Gasteiger partial charge in [0.2, 0.25) is 5.91 Å². The molecular formula is C18H21N3O3S. The molecule has 2 amide bonds. The van der Waals surface area contributed by atoms with Crippen LogP contribution in [0.5, 0.6) is 0 Å². The standard InChI is InChI=1S/C18H21N3O3S/c1-2-3-4-10-16(22)21-18(25)20-14-8-5-7-13(12-14)19-17(23)15-9-6-11-24-15/h5-9,11-12H,2-4,10H2,1H3,(H,19,23)(H2,20,21,22,25). The molecular weight excluding hydrogens is 338 g/mol. The molecule has 6 nitrogen and oxygen atoms in total. The fraction of sp³-hybridized carbons (Fsp3) is 0.278. The average molecular weight is 359 g/mol. The SMILES string of the molecule is CCCCCC(=O)NC(=S)Nc1cccc(NC(=O)c2ccco2)c1. The lowest BCUT2D eigenvalue weighted by Gasteiger charge is -2.11. The van der Waals surface area contributed by atoms with Crippen molar-refractivity contribution in [1.82, 2.24) is 5.32 Å². The van der Waals surface area contributed by atoms with Crippen LogP contribution in [-0.2, 0) is 4.79 Å². The van der Waals surface area contributed by atoms with E-state index in [0.717, 1.165) is 19.3 Å². The molecule has 132 valence electrons. The van der Waals surface area contributed by atoms with E-state index in [1.165, 1.54) is 6.26 Å². The van der Waals surface area contributed by atoms with E-state index >= 15 is 0 Å². The molecule has 3 N–H and O–H groups in total. The van der Waals surface area contributed by atoms with Gasteiger partial charge in [-0.2, -0.15) is 0 Å². The van der Waals surface area contributed by atoms with Crippen LogP contribution in [0.15, 0.2) is 47.1 Å². The molecule has 0 aliphatic heterocycles. The molecule has 0 radical (unpaired) electrons. The Morgan fingerprint density at radius 2 is 1.84 bits per heavy atom. The van der Waals surface area contributed by atoms with Crippen LogP contribution in [0.2, 0.25) is 0 Å². The van der Waals surface area contributed by atoms with E-state index in [2.05, 4.69) is 22.9 Å². The van der Waals surface area contributed by atoms with Crippen LogP contribution < -0.4 is 16.0 Å². The van der Waals surface area contributed by atoms with Crippen molar-refractivity contribution in [2.24, 2.45) is 0 Å². The number of unbranched alkanes of at least 4 members (excludes halogenated alkanes) is 2. The van der Waals surface area contributed by atoms with E-state index in [4.69, 9.17) is 16.6 Å². The summed E-state index contributed by atoms with van der Waals surface area (Å²) in [6.07, 6.45) is 4.82. The van der Waals surface area contributed by atoms with Crippen molar-refractivity contribution >= 4 is 40.5 Å². The number of hydrogen-bond donors (Lipinski definition) is 3. The summed E-state index contributed by atoms with van der Waals surface area (Å²) in [6.45, 7) is 2.09. The van der Waals surface area contributed by atoms with Crippen molar-refractivity contribution in [3.63, 3.8) is 0 Å². The maximum Gasteiger partial charge on any atom is 0.291 e. The molecule has 1 aromatic carbocycles. The maximum absolute atomic E-state index is 12.0. The Hall–Kier alpha value is -2.67. The highest BCUT2D eigenvalue weighted by Gasteiger charge is 2.09. The Balaban J connectivity index is 1.87. The summed E-state index contributed by atoms with van der Waals surface area (Å²) in [5.41, 5.74) is 1.25. The summed E-state index contributed by atoms with van der Waals surface area (Å²) >= 11 is 5.14. The lowest BCUT2D eigenvalue weighted by Crippen LogP contribution is -2.33. The second-order valence-electron chi connectivity index (χ2n) is 5.47. The predicted octanol–water partition coefficient (Wildman–Crippen LogP) is 3.93. The minimum absolute atomic E-state index is 0.103. The Kier molecular flexibility index (Phi) is 7.16. The molecule has 0 saturated carbocycles. The third-order valence-corrected chi connectivity index (χ3v) is 3.59. The van der Waals surface area contributed by atoms with Crippen molar-refractivity contribution in [2.75, 3.05) is 10.6 Å². The molecule has 2 aromatic rings. The Labute approximate surface area is 152 Å². The highest BCUT2D eigenvalue weighted by molar-refractivity contribution is 7.80. The Morgan fingerprint density at radius 3 is 2.52 bits per heavy atom. The smallest absolute Gasteiger partial charge is 0.291 e. The zero-order valence-corrected chi connectivity index (χ0v) is 14.8. The number of carbonyl (C=O) groups excluding carboxylic acids is 2. The fourth-order valence-electron chi connectivity index (χ4n) is 2.16. The van der Waals surface area contributed by atoms with Crippen molar-refractivity contribution < 1.29 is 14.0 Å². The number of nitrogens with one attached hydrogen (secondary N) is 3. The van der Waals surface area contributed by atoms with Crippen LogP contribution in [0, 0.1) is 0 Å². The first kappa shape index (κ1) is 18.7. The largest absolute Gasteiger partial charge is 0.459 e.